The second-order valence-corrected chi connectivity index (χ2v) is 7.25. The number of hydrogen-bond acceptors (Lipinski definition) is 6. The third kappa shape index (κ3) is 5.99. The average Bonchev–Trinajstić information content (AvgIpc) is 2.49. The van der Waals surface area contributed by atoms with Crippen LogP contribution in [0, 0.1) is 5.41 Å². The van der Waals surface area contributed by atoms with E-state index >= 15 is 0 Å². The van der Waals surface area contributed by atoms with Crippen LogP contribution in [0.5, 0.6) is 0 Å². The number of ether oxygens (including phenoxy) is 3. The molecule has 9 nitrogen and oxygen atoms in total. The first-order chi connectivity index (χ1) is 11.6. The van der Waals surface area contributed by atoms with Crippen LogP contribution in [0.15, 0.2) is 0 Å². The highest BCUT2D eigenvalue weighted by Crippen LogP contribution is 2.42. The van der Waals surface area contributed by atoms with Crippen LogP contribution in [0.1, 0.15) is 47.0 Å². The second-order valence-electron chi connectivity index (χ2n) is 7.25. The molecule has 0 saturated heterocycles. The molecule has 25 heavy (non-hydrogen) atoms. The van der Waals surface area contributed by atoms with Gasteiger partial charge < -0.3 is 19.5 Å². The number of hydrogen-bond donors (Lipinski definition) is 2. The van der Waals surface area contributed by atoms with Gasteiger partial charge in [0.25, 0.3) is 0 Å². The van der Waals surface area contributed by atoms with Gasteiger partial charge in [-0.2, -0.15) is 0 Å². The lowest BCUT2D eigenvalue weighted by Crippen LogP contribution is -2.61. The maximum atomic E-state index is 12.3. The Hall–Kier alpha value is -2.19. The van der Waals surface area contributed by atoms with Gasteiger partial charge in [-0.25, -0.2) is 24.8 Å². The highest BCUT2D eigenvalue weighted by atomic mass is 16.6. The fourth-order valence-electron chi connectivity index (χ4n) is 3.63. The van der Waals surface area contributed by atoms with Crippen LogP contribution in [0.4, 0.5) is 14.4 Å². The molecule has 3 amide bonds. The van der Waals surface area contributed by atoms with Crippen molar-refractivity contribution in [3.63, 3.8) is 0 Å². The van der Waals surface area contributed by atoms with Crippen molar-refractivity contribution in [1.29, 1.82) is 0 Å². The highest BCUT2D eigenvalue weighted by molar-refractivity contribution is 5.74. The van der Waals surface area contributed by atoms with Crippen molar-refractivity contribution >= 4 is 18.3 Å². The third-order valence-electron chi connectivity index (χ3n) is 4.16. The SMILES string of the molecule is CCOC(=O)N(NC(=O)OC)C1CC(C)(C)CC(C)(NC(=O)OC)C1. The zero-order valence-corrected chi connectivity index (χ0v) is 15.8. The molecule has 0 aromatic carbocycles. The maximum Gasteiger partial charge on any atom is 0.429 e. The Morgan fingerprint density at radius 2 is 1.68 bits per heavy atom. The van der Waals surface area contributed by atoms with E-state index in [-0.39, 0.29) is 18.1 Å². The van der Waals surface area contributed by atoms with Gasteiger partial charge >= 0.3 is 18.3 Å². The summed E-state index contributed by atoms with van der Waals surface area (Å²) in [5.74, 6) is 0. The molecule has 0 aromatic heterocycles. The quantitative estimate of drug-likeness (QED) is 0.592. The van der Waals surface area contributed by atoms with Gasteiger partial charge in [-0.05, 0) is 38.5 Å². The number of hydrazine groups is 1. The van der Waals surface area contributed by atoms with Crippen LogP contribution in [0.3, 0.4) is 0 Å². The van der Waals surface area contributed by atoms with Crippen molar-refractivity contribution in [2.24, 2.45) is 5.41 Å². The normalized spacial score (nSPS) is 24.6. The summed E-state index contributed by atoms with van der Waals surface area (Å²) in [6.07, 6.45) is -0.235. The molecule has 1 aliphatic rings. The standard InChI is InChI=1S/C16H29N3O6/c1-7-25-14(22)19(18-13(21)24-6)11-8-15(2,3)10-16(4,9-11)17-12(20)23-5/h11H,7-10H2,1-6H3,(H,17,20)(H,18,21). The number of amides is 3. The molecule has 144 valence electrons. The summed E-state index contributed by atoms with van der Waals surface area (Å²) >= 11 is 0. The molecule has 9 heteroatoms. The van der Waals surface area contributed by atoms with Crippen molar-refractivity contribution < 1.29 is 28.6 Å². The summed E-state index contributed by atoms with van der Waals surface area (Å²) in [4.78, 5) is 35.7. The summed E-state index contributed by atoms with van der Waals surface area (Å²) in [5, 5.41) is 3.99. The molecule has 1 fully saturated rings. The van der Waals surface area contributed by atoms with Crippen LogP contribution in [0.25, 0.3) is 0 Å². The summed E-state index contributed by atoms with van der Waals surface area (Å²) in [6.45, 7) is 7.82. The zero-order chi connectivity index (χ0) is 19.3. The number of nitrogens with zero attached hydrogens (tertiary/aromatic N) is 1. The highest BCUT2D eigenvalue weighted by Gasteiger charge is 2.46. The fraction of sp³-hybridized carbons (Fsp3) is 0.812. The molecular weight excluding hydrogens is 330 g/mol. The van der Waals surface area contributed by atoms with E-state index in [1.807, 2.05) is 20.8 Å². The molecule has 1 rings (SSSR count). The molecule has 0 aromatic rings. The van der Waals surface area contributed by atoms with E-state index in [0.717, 1.165) is 5.01 Å². The van der Waals surface area contributed by atoms with E-state index in [1.54, 1.807) is 6.92 Å². The van der Waals surface area contributed by atoms with E-state index in [2.05, 4.69) is 15.5 Å². The van der Waals surface area contributed by atoms with Gasteiger partial charge in [-0.1, -0.05) is 13.8 Å². The predicted octanol–water partition coefficient (Wildman–Crippen LogP) is 2.41. The molecule has 0 aliphatic heterocycles. The minimum Gasteiger partial charge on any atom is -0.453 e. The Balaban J connectivity index is 3.07. The van der Waals surface area contributed by atoms with Crippen LogP contribution < -0.4 is 10.7 Å². The third-order valence-corrected chi connectivity index (χ3v) is 4.16. The fourth-order valence-corrected chi connectivity index (χ4v) is 3.63. The molecule has 2 N–H and O–H groups in total. The Bertz CT molecular complexity index is 510. The van der Waals surface area contributed by atoms with Gasteiger partial charge in [0, 0.05) is 5.54 Å². The molecular formula is C16H29N3O6. The van der Waals surface area contributed by atoms with Gasteiger partial charge in [0.15, 0.2) is 0 Å². The minimum absolute atomic E-state index is 0.173. The zero-order valence-electron chi connectivity index (χ0n) is 15.8. The van der Waals surface area contributed by atoms with Gasteiger partial charge in [0.1, 0.15) is 0 Å². The van der Waals surface area contributed by atoms with Crippen molar-refractivity contribution in [1.82, 2.24) is 15.8 Å². The molecule has 0 radical (unpaired) electrons. The van der Waals surface area contributed by atoms with Gasteiger partial charge in [0.05, 0.1) is 26.9 Å². The monoisotopic (exact) mass is 359 g/mol. The summed E-state index contributed by atoms with van der Waals surface area (Å²) < 4.78 is 14.3. The number of nitrogens with one attached hydrogen (secondary N) is 2. The number of carbonyl (C=O) groups is 3. The molecule has 2 unspecified atom stereocenters. The van der Waals surface area contributed by atoms with Gasteiger partial charge in [-0.15, -0.1) is 0 Å². The number of methoxy groups -OCH3 is 2. The lowest BCUT2D eigenvalue weighted by molar-refractivity contribution is 0.00749. The lowest BCUT2D eigenvalue weighted by atomic mass is 9.66. The number of carbonyl (C=O) groups excluding carboxylic acids is 3. The lowest BCUT2D eigenvalue weighted by Gasteiger charge is -2.48. The summed E-state index contributed by atoms with van der Waals surface area (Å²) in [5.41, 5.74) is 1.62. The van der Waals surface area contributed by atoms with E-state index in [9.17, 15) is 14.4 Å². The second kappa shape index (κ2) is 8.26. The van der Waals surface area contributed by atoms with Crippen molar-refractivity contribution in [2.75, 3.05) is 20.8 Å². The molecule has 0 bridgehead atoms. The van der Waals surface area contributed by atoms with Crippen LogP contribution in [-0.2, 0) is 14.2 Å². The van der Waals surface area contributed by atoms with Crippen LogP contribution >= 0.6 is 0 Å². The first kappa shape index (κ1) is 20.9. The largest absolute Gasteiger partial charge is 0.453 e. The summed E-state index contributed by atoms with van der Waals surface area (Å²) in [6, 6.07) is -0.385. The molecule has 0 heterocycles. The van der Waals surface area contributed by atoms with E-state index < -0.39 is 23.8 Å². The van der Waals surface area contributed by atoms with Crippen molar-refractivity contribution in [2.45, 2.75) is 58.5 Å². The van der Waals surface area contributed by atoms with E-state index in [4.69, 9.17) is 9.47 Å². The Kier molecular flexibility index (Phi) is 6.89. The Morgan fingerprint density at radius 1 is 1.08 bits per heavy atom. The Labute approximate surface area is 148 Å². The van der Waals surface area contributed by atoms with Crippen LogP contribution in [0.2, 0.25) is 0 Å². The summed E-state index contributed by atoms with van der Waals surface area (Å²) in [7, 11) is 2.51. The minimum atomic E-state index is -0.765. The first-order valence-electron chi connectivity index (χ1n) is 8.22. The Morgan fingerprint density at radius 3 is 2.20 bits per heavy atom. The molecule has 1 saturated carbocycles. The van der Waals surface area contributed by atoms with E-state index in [1.165, 1.54) is 14.2 Å². The average molecular weight is 359 g/mol. The van der Waals surface area contributed by atoms with Crippen molar-refractivity contribution in [3.8, 4) is 0 Å². The number of alkyl carbamates (subject to hydrolysis) is 1. The number of rotatable bonds is 3. The van der Waals surface area contributed by atoms with E-state index in [0.29, 0.717) is 19.3 Å². The van der Waals surface area contributed by atoms with Crippen molar-refractivity contribution in [3.05, 3.63) is 0 Å². The smallest absolute Gasteiger partial charge is 0.429 e. The topological polar surface area (TPSA) is 106 Å². The van der Waals surface area contributed by atoms with Gasteiger partial charge in [0.2, 0.25) is 0 Å². The molecule has 0 spiro atoms. The maximum absolute atomic E-state index is 12.3. The van der Waals surface area contributed by atoms with Crippen LogP contribution in [-0.4, -0.2) is 55.7 Å². The molecule has 1 aliphatic carbocycles. The predicted molar refractivity (Wildman–Crippen MR) is 89.8 cm³/mol. The molecule has 2 atom stereocenters. The first-order valence-corrected chi connectivity index (χ1v) is 8.22. The van der Waals surface area contributed by atoms with Gasteiger partial charge in [-0.3, -0.25) is 0 Å².